The fraction of sp³-hybridized carbons (Fsp3) is 1.00. The molecule has 0 aromatic carbocycles. The number of hydrogen-bond donors (Lipinski definition) is 0. The van der Waals surface area contributed by atoms with Gasteiger partial charge in [-0.15, -0.1) is 0 Å². The van der Waals surface area contributed by atoms with Gasteiger partial charge in [-0.3, -0.25) is 0 Å². The average molecular weight is 305 g/mol. The van der Waals surface area contributed by atoms with Gasteiger partial charge in [0.25, 0.3) is 0 Å². The molecule has 0 N–H and O–H groups in total. The minimum atomic E-state index is -2.42. The van der Waals surface area contributed by atoms with Crippen molar-refractivity contribution >= 4 is 8.80 Å². The Morgan fingerprint density at radius 2 is 1.00 bits per heavy atom. The Hall–Kier alpha value is 0.0969. The molecule has 122 valence electrons. The van der Waals surface area contributed by atoms with E-state index in [1.807, 2.05) is 0 Å². The smallest absolute Gasteiger partial charge is 0.373 e. The van der Waals surface area contributed by atoms with Crippen LogP contribution >= 0.6 is 0 Å². The minimum absolute atomic E-state index is 0.759. The molecule has 3 nitrogen and oxygen atoms in total. The third-order valence-electron chi connectivity index (χ3n) is 3.16. The maximum absolute atomic E-state index is 6.08. The molecule has 0 aliphatic rings. The van der Waals surface area contributed by atoms with Crippen LogP contribution in [-0.2, 0) is 13.3 Å². The Bertz CT molecular complexity index is 178. The zero-order valence-electron chi connectivity index (χ0n) is 14.2. The molecule has 0 saturated heterocycles. The van der Waals surface area contributed by atoms with Crippen LogP contribution in [0.5, 0.6) is 0 Å². The van der Waals surface area contributed by atoms with Crippen molar-refractivity contribution in [3.8, 4) is 0 Å². The lowest BCUT2D eigenvalue weighted by molar-refractivity contribution is 0.0586. The summed E-state index contributed by atoms with van der Waals surface area (Å²) in [5, 5.41) is 0. The predicted octanol–water partition coefficient (Wildman–Crippen LogP) is 5.18. The molecule has 4 heteroatoms. The van der Waals surface area contributed by atoms with E-state index in [1.165, 1.54) is 32.1 Å². The molecule has 0 atom stereocenters. The van der Waals surface area contributed by atoms with E-state index >= 15 is 0 Å². The van der Waals surface area contributed by atoms with E-state index in [-0.39, 0.29) is 0 Å². The molecule has 0 bridgehead atoms. The van der Waals surface area contributed by atoms with Gasteiger partial charge in [0.05, 0.1) is 0 Å². The molecular formula is C16H36O3Si. The topological polar surface area (TPSA) is 27.7 Å². The van der Waals surface area contributed by atoms with Crippen LogP contribution in [0, 0.1) is 0 Å². The number of unbranched alkanes of at least 4 members (excludes halogenated alkanes) is 4. The standard InChI is InChI=1S/C16H36O3Si/c1-5-9-10-11-12-16-20(17-13-6-2,18-14-7-3)19-15-8-4/h5-16H2,1-4H3. The Balaban J connectivity index is 4.34. The molecule has 0 aromatic rings. The maximum atomic E-state index is 6.08. The van der Waals surface area contributed by atoms with E-state index in [0.29, 0.717) is 0 Å². The zero-order valence-corrected chi connectivity index (χ0v) is 15.2. The molecule has 0 aliphatic heterocycles. The van der Waals surface area contributed by atoms with Crippen LogP contribution < -0.4 is 0 Å². The molecular weight excluding hydrogens is 268 g/mol. The molecule has 0 saturated carbocycles. The number of rotatable bonds is 15. The molecule has 0 aliphatic carbocycles. The Morgan fingerprint density at radius 3 is 1.40 bits per heavy atom. The van der Waals surface area contributed by atoms with Crippen LogP contribution in [0.25, 0.3) is 0 Å². The van der Waals surface area contributed by atoms with Gasteiger partial charge in [-0.2, -0.15) is 0 Å². The van der Waals surface area contributed by atoms with E-state index in [4.69, 9.17) is 13.3 Å². The lowest BCUT2D eigenvalue weighted by Crippen LogP contribution is -2.46. The van der Waals surface area contributed by atoms with Gasteiger partial charge >= 0.3 is 8.80 Å². The van der Waals surface area contributed by atoms with Gasteiger partial charge in [-0.25, -0.2) is 0 Å². The monoisotopic (exact) mass is 304 g/mol. The summed E-state index contributed by atoms with van der Waals surface area (Å²) in [4.78, 5) is 0. The molecule has 0 radical (unpaired) electrons. The molecule has 0 fully saturated rings. The molecule has 0 amide bonds. The van der Waals surface area contributed by atoms with Gasteiger partial charge in [-0.05, 0) is 25.7 Å². The van der Waals surface area contributed by atoms with Crippen LogP contribution in [0.3, 0.4) is 0 Å². The zero-order chi connectivity index (χ0) is 15.1. The summed E-state index contributed by atoms with van der Waals surface area (Å²) >= 11 is 0. The Morgan fingerprint density at radius 1 is 0.550 bits per heavy atom. The number of hydrogen-bond acceptors (Lipinski definition) is 3. The molecule has 0 heterocycles. The maximum Gasteiger partial charge on any atom is 0.500 e. The Labute approximate surface area is 127 Å². The Kier molecular flexibility index (Phi) is 14.1. The summed E-state index contributed by atoms with van der Waals surface area (Å²) < 4.78 is 18.3. The van der Waals surface area contributed by atoms with E-state index in [2.05, 4.69) is 27.7 Å². The first kappa shape index (κ1) is 20.1. The fourth-order valence-electron chi connectivity index (χ4n) is 2.06. The fourth-order valence-corrected chi connectivity index (χ4v) is 4.97. The summed E-state index contributed by atoms with van der Waals surface area (Å²) in [7, 11) is -2.42. The van der Waals surface area contributed by atoms with Crippen molar-refractivity contribution in [1.82, 2.24) is 0 Å². The first-order valence-corrected chi connectivity index (χ1v) is 10.6. The first-order chi connectivity index (χ1) is 9.74. The van der Waals surface area contributed by atoms with E-state index in [9.17, 15) is 0 Å². The first-order valence-electron chi connectivity index (χ1n) is 8.66. The van der Waals surface area contributed by atoms with Crippen molar-refractivity contribution in [3.63, 3.8) is 0 Å². The molecule has 0 unspecified atom stereocenters. The van der Waals surface area contributed by atoms with Gasteiger partial charge in [0, 0.05) is 25.9 Å². The van der Waals surface area contributed by atoms with Crippen LogP contribution in [-0.4, -0.2) is 28.6 Å². The van der Waals surface area contributed by atoms with Crippen LogP contribution in [0.4, 0.5) is 0 Å². The van der Waals surface area contributed by atoms with Gasteiger partial charge in [-0.1, -0.05) is 53.4 Å². The lowest BCUT2D eigenvalue weighted by atomic mass is 10.2. The highest BCUT2D eigenvalue weighted by Gasteiger charge is 2.40. The predicted molar refractivity (Wildman–Crippen MR) is 88.0 cm³/mol. The van der Waals surface area contributed by atoms with Crippen molar-refractivity contribution in [2.75, 3.05) is 19.8 Å². The van der Waals surface area contributed by atoms with Gasteiger partial charge in [0.2, 0.25) is 0 Å². The van der Waals surface area contributed by atoms with Crippen molar-refractivity contribution in [2.45, 2.75) is 85.1 Å². The minimum Gasteiger partial charge on any atom is -0.373 e. The van der Waals surface area contributed by atoms with Crippen LogP contribution in [0.2, 0.25) is 6.04 Å². The second-order valence-electron chi connectivity index (χ2n) is 5.39. The molecule has 0 rings (SSSR count). The summed E-state index contributed by atoms with van der Waals surface area (Å²) in [5.41, 5.74) is 0. The van der Waals surface area contributed by atoms with Crippen molar-refractivity contribution in [2.24, 2.45) is 0 Å². The second kappa shape index (κ2) is 14.1. The SMILES string of the molecule is CCCCCCC[Si](OCCC)(OCCC)OCCC. The highest BCUT2D eigenvalue weighted by molar-refractivity contribution is 6.60. The van der Waals surface area contributed by atoms with Crippen molar-refractivity contribution in [3.05, 3.63) is 0 Å². The summed E-state index contributed by atoms with van der Waals surface area (Å²) in [6.45, 7) is 10.9. The van der Waals surface area contributed by atoms with Crippen LogP contribution in [0.15, 0.2) is 0 Å². The van der Waals surface area contributed by atoms with E-state index in [0.717, 1.165) is 45.1 Å². The van der Waals surface area contributed by atoms with Crippen LogP contribution in [0.1, 0.15) is 79.1 Å². The highest BCUT2D eigenvalue weighted by Crippen LogP contribution is 2.21. The lowest BCUT2D eigenvalue weighted by Gasteiger charge is -2.29. The van der Waals surface area contributed by atoms with Crippen molar-refractivity contribution in [1.29, 1.82) is 0 Å². The average Bonchev–Trinajstić information content (AvgIpc) is 2.48. The normalized spacial score (nSPS) is 12.0. The van der Waals surface area contributed by atoms with E-state index in [1.54, 1.807) is 0 Å². The molecule has 0 aromatic heterocycles. The van der Waals surface area contributed by atoms with E-state index < -0.39 is 8.80 Å². The summed E-state index contributed by atoms with van der Waals surface area (Å²) in [6, 6.07) is 0.983. The highest BCUT2D eigenvalue weighted by atomic mass is 28.4. The van der Waals surface area contributed by atoms with Gasteiger partial charge < -0.3 is 13.3 Å². The third-order valence-corrected chi connectivity index (χ3v) is 6.06. The largest absolute Gasteiger partial charge is 0.500 e. The molecule has 20 heavy (non-hydrogen) atoms. The van der Waals surface area contributed by atoms with Gasteiger partial charge in [0.15, 0.2) is 0 Å². The second-order valence-corrected chi connectivity index (χ2v) is 8.12. The molecule has 0 spiro atoms. The summed E-state index contributed by atoms with van der Waals surface area (Å²) in [5.74, 6) is 0. The summed E-state index contributed by atoms with van der Waals surface area (Å²) in [6.07, 6.45) is 9.44. The third kappa shape index (κ3) is 9.92. The quantitative estimate of drug-likeness (QED) is 0.308. The van der Waals surface area contributed by atoms with Crippen molar-refractivity contribution < 1.29 is 13.3 Å². The van der Waals surface area contributed by atoms with Gasteiger partial charge in [0.1, 0.15) is 0 Å².